The zero-order valence-electron chi connectivity index (χ0n) is 8.32. The second-order valence-corrected chi connectivity index (χ2v) is 5.16. The minimum atomic E-state index is -2.65. The van der Waals surface area contributed by atoms with Gasteiger partial charge in [0.15, 0.2) is 0 Å². The Balaban J connectivity index is 4.05. The molecule has 3 heteroatoms. The Kier molecular flexibility index (Phi) is 4.10. The Bertz CT molecular complexity index is 136. The van der Waals surface area contributed by atoms with Gasteiger partial charge in [-0.05, 0) is 12.3 Å². The number of rotatable bonds is 4. The molecule has 0 spiro atoms. The van der Waals surface area contributed by atoms with Crippen LogP contribution in [0, 0.1) is 11.3 Å². The van der Waals surface area contributed by atoms with Crippen molar-refractivity contribution in [3.8, 4) is 0 Å². The molecule has 0 saturated heterocycles. The number of alkyl halides is 2. The zero-order chi connectivity index (χ0) is 9.99. The lowest BCUT2D eigenvalue weighted by Crippen LogP contribution is -2.30. The van der Waals surface area contributed by atoms with Crippen LogP contribution in [-0.4, -0.2) is 5.66 Å². The smallest absolute Gasteiger partial charge is 0.202 e. The van der Waals surface area contributed by atoms with E-state index in [-0.39, 0.29) is 0 Å². The maximum atomic E-state index is 12.9. The van der Waals surface area contributed by atoms with Gasteiger partial charge in [-0.3, -0.25) is 0 Å². The molecule has 0 radical (unpaired) electrons. The van der Waals surface area contributed by atoms with Crippen LogP contribution in [-0.2, 0) is 0 Å². The van der Waals surface area contributed by atoms with E-state index in [2.05, 4.69) is 13.8 Å². The molecular formula is C9H19F2P. The molecule has 0 aliphatic heterocycles. The van der Waals surface area contributed by atoms with Gasteiger partial charge in [0.05, 0.1) is 0 Å². The van der Waals surface area contributed by atoms with Gasteiger partial charge in [0.2, 0.25) is 0 Å². The van der Waals surface area contributed by atoms with Gasteiger partial charge in [-0.25, -0.2) is 8.78 Å². The topological polar surface area (TPSA) is 0 Å². The van der Waals surface area contributed by atoms with E-state index in [0.717, 1.165) is 6.42 Å². The lowest BCUT2D eigenvalue weighted by atomic mass is 9.85. The average molecular weight is 196 g/mol. The summed E-state index contributed by atoms with van der Waals surface area (Å²) in [7, 11) is 1.63. The maximum Gasteiger partial charge on any atom is 0.263 e. The van der Waals surface area contributed by atoms with Crippen LogP contribution in [0.4, 0.5) is 8.78 Å². The molecule has 1 unspecified atom stereocenters. The quantitative estimate of drug-likeness (QED) is 0.598. The van der Waals surface area contributed by atoms with Crippen molar-refractivity contribution in [2.24, 2.45) is 11.3 Å². The van der Waals surface area contributed by atoms with Crippen LogP contribution in [0.25, 0.3) is 0 Å². The van der Waals surface area contributed by atoms with Crippen molar-refractivity contribution in [3.63, 3.8) is 0 Å². The first-order valence-corrected chi connectivity index (χ1v) is 4.91. The number of hydrogen-bond donors (Lipinski definition) is 0. The van der Waals surface area contributed by atoms with Gasteiger partial charge < -0.3 is 0 Å². The summed E-state index contributed by atoms with van der Waals surface area (Å²) in [5.41, 5.74) is -3.55. The molecule has 12 heavy (non-hydrogen) atoms. The molecule has 0 aromatic rings. The molecule has 0 bridgehead atoms. The van der Waals surface area contributed by atoms with Crippen molar-refractivity contribution in [3.05, 3.63) is 0 Å². The van der Waals surface area contributed by atoms with E-state index in [9.17, 15) is 8.78 Å². The van der Waals surface area contributed by atoms with Crippen LogP contribution in [0.15, 0.2) is 0 Å². The Morgan fingerprint density at radius 1 is 1.25 bits per heavy atom. The fraction of sp³-hybridized carbons (Fsp3) is 1.00. The third-order valence-corrected chi connectivity index (χ3v) is 3.03. The molecule has 0 aromatic heterocycles. The van der Waals surface area contributed by atoms with Gasteiger partial charge in [0, 0.05) is 5.41 Å². The highest BCUT2D eigenvalue weighted by Crippen LogP contribution is 2.45. The van der Waals surface area contributed by atoms with Crippen LogP contribution in [0.2, 0.25) is 0 Å². The second kappa shape index (κ2) is 4.00. The largest absolute Gasteiger partial charge is 0.263 e. The monoisotopic (exact) mass is 196 g/mol. The molecule has 0 aliphatic carbocycles. The Morgan fingerprint density at radius 3 is 1.92 bits per heavy atom. The van der Waals surface area contributed by atoms with Crippen LogP contribution < -0.4 is 0 Å². The molecule has 0 aliphatic rings. The third kappa shape index (κ3) is 3.80. The van der Waals surface area contributed by atoms with Gasteiger partial charge in [0.25, 0.3) is 5.66 Å². The summed E-state index contributed by atoms with van der Waals surface area (Å²) in [5.74, 6) is 0.497. The molecule has 0 rings (SSSR count). The molecule has 0 N–H and O–H groups in total. The molecule has 0 nitrogen and oxygen atoms in total. The van der Waals surface area contributed by atoms with Crippen molar-refractivity contribution in [1.29, 1.82) is 0 Å². The molecule has 0 fully saturated rings. The fourth-order valence-corrected chi connectivity index (χ4v) is 0.961. The molecule has 74 valence electrons. The predicted octanol–water partition coefficient (Wildman–Crippen LogP) is 3.92. The summed E-state index contributed by atoms with van der Waals surface area (Å²) >= 11 is 0. The highest BCUT2D eigenvalue weighted by atomic mass is 31.0. The third-order valence-electron chi connectivity index (χ3n) is 2.25. The molecule has 0 amide bonds. The van der Waals surface area contributed by atoms with E-state index < -0.39 is 11.1 Å². The summed E-state index contributed by atoms with van der Waals surface area (Å²) in [6.07, 6.45) is 1.43. The van der Waals surface area contributed by atoms with E-state index in [4.69, 9.17) is 0 Å². The molecule has 1 atom stereocenters. The molecule has 0 saturated carbocycles. The van der Waals surface area contributed by atoms with Crippen LogP contribution in [0.5, 0.6) is 0 Å². The standard InChI is InChI=1S/C9H19F2P/c1-7(2)5-6-8(3,4)9(10,11)12/h7H,5-6,12H2,1-4H3. The summed E-state index contributed by atoms with van der Waals surface area (Å²) in [6, 6.07) is 0. The second-order valence-electron chi connectivity index (χ2n) is 4.44. The van der Waals surface area contributed by atoms with Gasteiger partial charge in [0.1, 0.15) is 0 Å². The minimum absolute atomic E-state index is 0.497. The SMILES string of the molecule is CC(C)CCC(C)(C)C(F)(F)P. The zero-order valence-corrected chi connectivity index (χ0v) is 9.48. The Morgan fingerprint density at radius 2 is 1.67 bits per heavy atom. The van der Waals surface area contributed by atoms with Crippen molar-refractivity contribution < 1.29 is 8.78 Å². The van der Waals surface area contributed by atoms with Crippen molar-refractivity contribution in [2.45, 2.75) is 46.2 Å². The fourth-order valence-electron chi connectivity index (χ4n) is 0.816. The van der Waals surface area contributed by atoms with Crippen LogP contribution >= 0.6 is 9.24 Å². The Hall–Kier alpha value is 0.290. The summed E-state index contributed by atoms with van der Waals surface area (Å²) in [6.45, 7) is 7.33. The van der Waals surface area contributed by atoms with Crippen LogP contribution in [0.1, 0.15) is 40.5 Å². The van der Waals surface area contributed by atoms with E-state index >= 15 is 0 Å². The average Bonchev–Trinajstić information content (AvgIpc) is 1.81. The predicted molar refractivity (Wildman–Crippen MR) is 52.5 cm³/mol. The van der Waals surface area contributed by atoms with E-state index in [0.29, 0.717) is 12.3 Å². The lowest BCUT2D eigenvalue weighted by molar-refractivity contribution is -0.0260. The normalized spacial score (nSPS) is 14.0. The van der Waals surface area contributed by atoms with Gasteiger partial charge in [-0.2, -0.15) is 0 Å². The number of hydrogen-bond acceptors (Lipinski definition) is 0. The number of halogens is 2. The summed E-state index contributed by atoms with van der Waals surface area (Å²) in [4.78, 5) is 0. The van der Waals surface area contributed by atoms with Gasteiger partial charge in [-0.1, -0.05) is 43.4 Å². The summed E-state index contributed by atoms with van der Waals surface area (Å²) < 4.78 is 25.8. The van der Waals surface area contributed by atoms with Crippen molar-refractivity contribution in [2.75, 3.05) is 0 Å². The van der Waals surface area contributed by atoms with Gasteiger partial charge >= 0.3 is 0 Å². The van der Waals surface area contributed by atoms with Crippen LogP contribution in [0.3, 0.4) is 0 Å². The first-order valence-electron chi connectivity index (χ1n) is 4.33. The van der Waals surface area contributed by atoms with Crippen molar-refractivity contribution in [1.82, 2.24) is 0 Å². The Labute approximate surface area is 76.3 Å². The highest BCUT2D eigenvalue weighted by molar-refractivity contribution is 7.18. The first kappa shape index (κ1) is 12.3. The summed E-state index contributed by atoms with van der Waals surface area (Å²) in [5, 5.41) is 0. The van der Waals surface area contributed by atoms with E-state index in [1.807, 2.05) is 0 Å². The van der Waals surface area contributed by atoms with Gasteiger partial charge in [-0.15, -0.1) is 0 Å². The van der Waals surface area contributed by atoms with E-state index in [1.165, 1.54) is 0 Å². The molecular weight excluding hydrogens is 177 g/mol. The first-order chi connectivity index (χ1) is 5.17. The molecule has 0 aromatic carbocycles. The minimum Gasteiger partial charge on any atom is -0.202 e. The lowest BCUT2D eigenvalue weighted by Gasteiger charge is -2.31. The van der Waals surface area contributed by atoms with E-state index in [1.54, 1.807) is 23.1 Å². The maximum absolute atomic E-state index is 12.9. The van der Waals surface area contributed by atoms with Crippen molar-refractivity contribution >= 4 is 9.24 Å². The molecule has 0 heterocycles. The highest BCUT2D eigenvalue weighted by Gasteiger charge is 2.41.